The fourth-order valence-corrected chi connectivity index (χ4v) is 3.84. The van der Waals surface area contributed by atoms with Crippen molar-refractivity contribution in [3.63, 3.8) is 0 Å². The molecule has 4 rings (SSSR count). The Bertz CT molecular complexity index is 976. The van der Waals surface area contributed by atoms with Crippen molar-refractivity contribution in [2.45, 2.75) is 39.2 Å². The van der Waals surface area contributed by atoms with Crippen LogP contribution in [0.15, 0.2) is 36.5 Å². The quantitative estimate of drug-likeness (QED) is 0.789. The number of carbonyl (C=O) groups is 2. The zero-order valence-electron chi connectivity index (χ0n) is 18.9. The molecule has 1 N–H and O–H groups in total. The van der Waals surface area contributed by atoms with Crippen molar-refractivity contribution >= 4 is 23.5 Å². The van der Waals surface area contributed by atoms with Crippen molar-refractivity contribution in [2.24, 2.45) is 0 Å². The lowest BCUT2D eigenvalue weighted by Crippen LogP contribution is -2.50. The highest BCUT2D eigenvalue weighted by molar-refractivity contribution is 5.91. The first-order valence-electron chi connectivity index (χ1n) is 11.0. The maximum atomic E-state index is 12.4. The molecular weight excluding hydrogens is 408 g/mol. The van der Waals surface area contributed by atoms with Gasteiger partial charge in [-0.05, 0) is 50.1 Å². The number of carbonyl (C=O) groups excluding carboxylic acids is 2. The van der Waals surface area contributed by atoms with Gasteiger partial charge in [0.2, 0.25) is 5.91 Å². The summed E-state index contributed by atoms with van der Waals surface area (Å²) in [6.45, 7) is 8.91. The van der Waals surface area contributed by atoms with E-state index in [1.165, 1.54) is 0 Å². The van der Waals surface area contributed by atoms with Crippen LogP contribution in [0.1, 0.15) is 31.9 Å². The van der Waals surface area contributed by atoms with E-state index in [2.05, 4.69) is 15.2 Å². The lowest BCUT2D eigenvalue weighted by Gasteiger charge is -2.36. The molecule has 1 fully saturated rings. The van der Waals surface area contributed by atoms with Gasteiger partial charge in [0.05, 0.1) is 24.9 Å². The summed E-state index contributed by atoms with van der Waals surface area (Å²) in [6, 6.07) is 9.65. The van der Waals surface area contributed by atoms with Crippen LogP contribution in [0, 0.1) is 0 Å². The van der Waals surface area contributed by atoms with Crippen molar-refractivity contribution in [2.75, 3.05) is 43.0 Å². The fraction of sp³-hybridized carbons (Fsp3) is 0.458. The summed E-state index contributed by atoms with van der Waals surface area (Å²) in [6.07, 6.45) is 2.67. The molecular formula is C24H30N4O4. The number of pyridine rings is 1. The van der Waals surface area contributed by atoms with E-state index in [4.69, 9.17) is 9.47 Å². The van der Waals surface area contributed by atoms with Crippen molar-refractivity contribution in [1.29, 1.82) is 0 Å². The summed E-state index contributed by atoms with van der Waals surface area (Å²) in [4.78, 5) is 32.9. The number of hydrogen-bond donors (Lipinski definition) is 1. The Morgan fingerprint density at radius 2 is 1.91 bits per heavy atom. The van der Waals surface area contributed by atoms with E-state index in [0.29, 0.717) is 45.0 Å². The average Bonchev–Trinajstić information content (AvgIpc) is 3.21. The Labute approximate surface area is 188 Å². The maximum absolute atomic E-state index is 12.4. The Hall–Kier alpha value is -3.29. The third kappa shape index (κ3) is 5.49. The van der Waals surface area contributed by atoms with Gasteiger partial charge >= 0.3 is 6.09 Å². The minimum Gasteiger partial charge on any atom is -0.493 e. The zero-order chi connectivity index (χ0) is 22.7. The molecule has 0 radical (unpaired) electrons. The summed E-state index contributed by atoms with van der Waals surface area (Å²) >= 11 is 0. The molecule has 2 aromatic rings. The number of nitrogens with one attached hydrogen (secondary N) is 1. The number of fused-ring (bicyclic) bond motifs is 1. The standard InChI is InChI=1S/C24H30N4O4/c1-24(2,3)32-23(30)28-11-9-27(10-12-28)19-5-7-21(25-16-19)26-22(29)15-17-4-6-20-18(14-17)8-13-31-20/h4-7,14,16H,8-13,15H2,1-3H3,(H,25,26,29). The van der Waals surface area contributed by atoms with Crippen LogP contribution in [0.25, 0.3) is 0 Å². The minimum absolute atomic E-state index is 0.102. The number of piperazine rings is 1. The molecule has 8 heteroatoms. The van der Waals surface area contributed by atoms with Crippen molar-refractivity contribution < 1.29 is 19.1 Å². The number of nitrogens with zero attached hydrogens (tertiary/aromatic N) is 3. The zero-order valence-corrected chi connectivity index (χ0v) is 18.9. The lowest BCUT2D eigenvalue weighted by molar-refractivity contribution is -0.115. The smallest absolute Gasteiger partial charge is 0.410 e. The summed E-state index contributed by atoms with van der Waals surface area (Å²) in [5.41, 5.74) is 2.59. The number of anilines is 2. The fourth-order valence-electron chi connectivity index (χ4n) is 3.84. The van der Waals surface area contributed by atoms with Crippen molar-refractivity contribution in [1.82, 2.24) is 9.88 Å². The highest BCUT2D eigenvalue weighted by Gasteiger charge is 2.26. The molecule has 0 atom stereocenters. The Kier molecular flexibility index (Phi) is 6.21. The largest absolute Gasteiger partial charge is 0.493 e. The van der Waals surface area contributed by atoms with E-state index >= 15 is 0 Å². The SMILES string of the molecule is CC(C)(C)OC(=O)N1CCN(c2ccc(NC(=O)Cc3ccc4c(c3)CCO4)nc2)CC1. The molecule has 170 valence electrons. The minimum atomic E-state index is -0.493. The van der Waals surface area contributed by atoms with Gasteiger partial charge in [-0.3, -0.25) is 4.79 Å². The number of ether oxygens (including phenoxy) is 2. The van der Waals surface area contributed by atoms with Gasteiger partial charge in [0.1, 0.15) is 17.2 Å². The van der Waals surface area contributed by atoms with E-state index in [1.807, 2.05) is 51.1 Å². The predicted molar refractivity (Wildman–Crippen MR) is 122 cm³/mol. The number of benzene rings is 1. The molecule has 2 amide bonds. The first kappa shape index (κ1) is 21.9. The van der Waals surface area contributed by atoms with Crippen LogP contribution in [0.2, 0.25) is 0 Å². The van der Waals surface area contributed by atoms with Gasteiger partial charge in [-0.25, -0.2) is 9.78 Å². The third-order valence-electron chi connectivity index (χ3n) is 5.43. The van der Waals surface area contributed by atoms with Crippen molar-refractivity contribution in [3.8, 4) is 5.75 Å². The summed E-state index contributed by atoms with van der Waals surface area (Å²) in [7, 11) is 0. The van der Waals surface area contributed by atoms with E-state index in [9.17, 15) is 9.59 Å². The molecule has 0 aliphatic carbocycles. The first-order chi connectivity index (χ1) is 15.3. The van der Waals surface area contributed by atoms with E-state index in [0.717, 1.165) is 29.0 Å². The second kappa shape index (κ2) is 9.06. The summed E-state index contributed by atoms with van der Waals surface area (Å²) < 4.78 is 11.0. The molecule has 8 nitrogen and oxygen atoms in total. The molecule has 1 saturated heterocycles. The van der Waals surface area contributed by atoms with E-state index in [-0.39, 0.29) is 12.0 Å². The molecule has 0 saturated carbocycles. The molecule has 2 aliphatic heterocycles. The monoisotopic (exact) mass is 438 g/mol. The van der Waals surface area contributed by atoms with Crippen LogP contribution in [0.3, 0.4) is 0 Å². The molecule has 1 aromatic heterocycles. The van der Waals surface area contributed by atoms with Crippen LogP contribution >= 0.6 is 0 Å². The van der Waals surface area contributed by atoms with E-state index < -0.39 is 5.60 Å². The molecule has 3 heterocycles. The number of rotatable bonds is 4. The van der Waals surface area contributed by atoms with Crippen molar-refractivity contribution in [3.05, 3.63) is 47.7 Å². The third-order valence-corrected chi connectivity index (χ3v) is 5.43. The highest BCUT2D eigenvalue weighted by Crippen LogP contribution is 2.26. The number of hydrogen-bond acceptors (Lipinski definition) is 6. The lowest BCUT2D eigenvalue weighted by atomic mass is 10.1. The van der Waals surface area contributed by atoms with Crippen LogP contribution in [0.5, 0.6) is 5.75 Å². The topological polar surface area (TPSA) is 84.0 Å². The van der Waals surface area contributed by atoms with Crippen LogP contribution in [-0.4, -0.2) is 60.3 Å². The molecule has 0 unspecified atom stereocenters. The van der Waals surface area contributed by atoms with Crippen LogP contribution in [0.4, 0.5) is 16.3 Å². The Morgan fingerprint density at radius 1 is 1.12 bits per heavy atom. The van der Waals surface area contributed by atoms with Gasteiger partial charge in [-0.2, -0.15) is 0 Å². The van der Waals surface area contributed by atoms with Crippen LogP contribution < -0.4 is 15.0 Å². The van der Waals surface area contributed by atoms with Gasteiger partial charge in [-0.1, -0.05) is 12.1 Å². The van der Waals surface area contributed by atoms with Crippen LogP contribution in [-0.2, 0) is 22.4 Å². The molecule has 0 spiro atoms. The maximum Gasteiger partial charge on any atom is 0.410 e. The van der Waals surface area contributed by atoms with Gasteiger partial charge in [0.25, 0.3) is 0 Å². The molecule has 32 heavy (non-hydrogen) atoms. The Morgan fingerprint density at radius 3 is 2.59 bits per heavy atom. The molecule has 0 bridgehead atoms. The molecule has 1 aromatic carbocycles. The second-order valence-electron chi connectivity index (χ2n) is 9.12. The first-order valence-corrected chi connectivity index (χ1v) is 11.0. The molecule has 2 aliphatic rings. The Balaban J connectivity index is 1.27. The second-order valence-corrected chi connectivity index (χ2v) is 9.12. The van der Waals surface area contributed by atoms with Gasteiger partial charge < -0.3 is 24.6 Å². The van der Waals surface area contributed by atoms with Gasteiger partial charge in [0, 0.05) is 32.6 Å². The van der Waals surface area contributed by atoms with E-state index in [1.54, 1.807) is 11.1 Å². The van der Waals surface area contributed by atoms with Gasteiger partial charge in [-0.15, -0.1) is 0 Å². The predicted octanol–water partition coefficient (Wildman–Crippen LogP) is 3.25. The highest BCUT2D eigenvalue weighted by atomic mass is 16.6. The number of amides is 2. The summed E-state index contributed by atoms with van der Waals surface area (Å²) in [5, 5.41) is 2.86. The number of aromatic nitrogens is 1. The van der Waals surface area contributed by atoms with Gasteiger partial charge in [0.15, 0.2) is 0 Å². The summed E-state index contributed by atoms with van der Waals surface area (Å²) in [5.74, 6) is 1.34. The average molecular weight is 439 g/mol. The normalized spacial score (nSPS) is 15.7.